The molecular weight excluding hydrogens is 226 g/mol. The monoisotopic (exact) mass is 249 g/mol. The number of methoxy groups -OCH3 is 1. The van der Waals surface area contributed by atoms with Gasteiger partial charge in [0.25, 0.3) is 0 Å². The highest BCUT2D eigenvalue weighted by atomic mass is 16.5. The molecule has 2 unspecified atom stereocenters. The van der Waals surface area contributed by atoms with Gasteiger partial charge in [-0.05, 0) is 30.5 Å². The lowest BCUT2D eigenvalue weighted by atomic mass is 9.94. The van der Waals surface area contributed by atoms with Crippen LogP contribution in [0.1, 0.15) is 30.6 Å². The predicted molar refractivity (Wildman–Crippen MR) is 72.8 cm³/mol. The Morgan fingerprint density at radius 1 is 1.44 bits per heavy atom. The highest BCUT2D eigenvalue weighted by molar-refractivity contribution is 5.31. The highest BCUT2D eigenvalue weighted by Crippen LogP contribution is 2.30. The van der Waals surface area contributed by atoms with Gasteiger partial charge in [0.15, 0.2) is 0 Å². The van der Waals surface area contributed by atoms with Gasteiger partial charge in [-0.3, -0.25) is 0 Å². The molecule has 100 valence electrons. The van der Waals surface area contributed by atoms with Crippen molar-refractivity contribution in [2.24, 2.45) is 0 Å². The SMILES string of the molecule is CCNC(COC)CC1OCCc2ccccc21. The molecule has 0 aliphatic carbocycles. The van der Waals surface area contributed by atoms with Gasteiger partial charge in [0.1, 0.15) is 0 Å². The van der Waals surface area contributed by atoms with E-state index in [0.29, 0.717) is 6.04 Å². The number of likely N-dealkylation sites (N-methyl/N-ethyl adjacent to an activating group) is 1. The van der Waals surface area contributed by atoms with Gasteiger partial charge in [-0.25, -0.2) is 0 Å². The van der Waals surface area contributed by atoms with Crippen molar-refractivity contribution < 1.29 is 9.47 Å². The summed E-state index contributed by atoms with van der Waals surface area (Å²) in [4.78, 5) is 0. The number of ether oxygens (including phenoxy) is 2. The molecule has 1 N–H and O–H groups in total. The smallest absolute Gasteiger partial charge is 0.0843 e. The summed E-state index contributed by atoms with van der Waals surface area (Å²) in [5, 5.41) is 3.46. The number of hydrogen-bond donors (Lipinski definition) is 1. The maximum atomic E-state index is 5.93. The summed E-state index contributed by atoms with van der Waals surface area (Å²) < 4.78 is 11.2. The molecule has 1 aliphatic heterocycles. The molecule has 1 aromatic rings. The molecule has 0 bridgehead atoms. The molecule has 0 fully saturated rings. The van der Waals surface area contributed by atoms with E-state index in [4.69, 9.17) is 9.47 Å². The number of fused-ring (bicyclic) bond motifs is 1. The van der Waals surface area contributed by atoms with Gasteiger partial charge >= 0.3 is 0 Å². The Labute approximate surface area is 109 Å². The van der Waals surface area contributed by atoms with Crippen LogP contribution >= 0.6 is 0 Å². The fraction of sp³-hybridized carbons (Fsp3) is 0.600. The standard InChI is InChI=1S/C15H23NO2/c1-3-16-13(11-17-2)10-15-14-7-5-4-6-12(14)8-9-18-15/h4-7,13,15-16H,3,8-11H2,1-2H3. The van der Waals surface area contributed by atoms with Crippen LogP contribution in [0.3, 0.4) is 0 Å². The summed E-state index contributed by atoms with van der Waals surface area (Å²) in [5.41, 5.74) is 2.78. The van der Waals surface area contributed by atoms with Gasteiger partial charge in [0.2, 0.25) is 0 Å². The van der Waals surface area contributed by atoms with E-state index < -0.39 is 0 Å². The second-order valence-corrected chi connectivity index (χ2v) is 4.75. The molecule has 1 aromatic carbocycles. The van der Waals surface area contributed by atoms with Gasteiger partial charge in [0.05, 0.1) is 19.3 Å². The van der Waals surface area contributed by atoms with E-state index in [1.165, 1.54) is 11.1 Å². The van der Waals surface area contributed by atoms with Gasteiger partial charge in [-0.2, -0.15) is 0 Å². The van der Waals surface area contributed by atoms with Crippen LogP contribution in [0.5, 0.6) is 0 Å². The first-order chi connectivity index (χ1) is 8.85. The van der Waals surface area contributed by atoms with Crippen molar-refractivity contribution in [2.45, 2.75) is 31.9 Å². The molecule has 0 saturated carbocycles. The van der Waals surface area contributed by atoms with E-state index in [1.807, 2.05) is 0 Å². The van der Waals surface area contributed by atoms with Crippen molar-refractivity contribution >= 4 is 0 Å². The summed E-state index contributed by atoms with van der Waals surface area (Å²) >= 11 is 0. The summed E-state index contributed by atoms with van der Waals surface area (Å²) in [7, 11) is 1.75. The molecule has 3 nitrogen and oxygen atoms in total. The van der Waals surface area contributed by atoms with E-state index in [2.05, 4.69) is 36.5 Å². The summed E-state index contributed by atoms with van der Waals surface area (Å²) in [6.07, 6.45) is 2.20. The topological polar surface area (TPSA) is 30.5 Å². The highest BCUT2D eigenvalue weighted by Gasteiger charge is 2.23. The fourth-order valence-electron chi connectivity index (χ4n) is 2.63. The van der Waals surface area contributed by atoms with Crippen LogP contribution in [0.25, 0.3) is 0 Å². The van der Waals surface area contributed by atoms with Crippen molar-refractivity contribution in [2.75, 3.05) is 26.9 Å². The first-order valence-corrected chi connectivity index (χ1v) is 6.76. The third-order valence-electron chi connectivity index (χ3n) is 3.45. The summed E-state index contributed by atoms with van der Waals surface area (Å²) in [6, 6.07) is 8.96. The quantitative estimate of drug-likeness (QED) is 0.839. The minimum atomic E-state index is 0.203. The number of benzene rings is 1. The average Bonchev–Trinajstić information content (AvgIpc) is 2.40. The van der Waals surface area contributed by atoms with Gasteiger partial charge in [-0.15, -0.1) is 0 Å². The lowest BCUT2D eigenvalue weighted by Crippen LogP contribution is -2.35. The van der Waals surface area contributed by atoms with Crippen LogP contribution in [-0.4, -0.2) is 32.9 Å². The molecule has 3 heteroatoms. The van der Waals surface area contributed by atoms with E-state index in [-0.39, 0.29) is 6.10 Å². The Kier molecular flexibility index (Phi) is 5.17. The van der Waals surface area contributed by atoms with Crippen LogP contribution in [0.2, 0.25) is 0 Å². The Bertz CT molecular complexity index is 361. The molecule has 2 atom stereocenters. The molecule has 0 spiro atoms. The normalized spacial score (nSPS) is 20.4. The van der Waals surface area contributed by atoms with Crippen LogP contribution in [0, 0.1) is 0 Å². The molecule has 0 amide bonds. The second-order valence-electron chi connectivity index (χ2n) is 4.75. The van der Waals surface area contributed by atoms with Crippen molar-refractivity contribution in [3.63, 3.8) is 0 Å². The molecule has 0 aromatic heterocycles. The predicted octanol–water partition coefficient (Wildman–Crippen LogP) is 2.32. The van der Waals surface area contributed by atoms with Crippen molar-refractivity contribution in [1.29, 1.82) is 0 Å². The van der Waals surface area contributed by atoms with E-state index in [0.717, 1.165) is 32.6 Å². The van der Waals surface area contributed by atoms with Crippen LogP contribution in [0.4, 0.5) is 0 Å². The van der Waals surface area contributed by atoms with E-state index in [9.17, 15) is 0 Å². The summed E-state index contributed by atoms with van der Waals surface area (Å²) in [5.74, 6) is 0. The number of hydrogen-bond acceptors (Lipinski definition) is 3. The second kappa shape index (κ2) is 6.88. The molecule has 1 heterocycles. The third kappa shape index (κ3) is 3.31. The molecule has 0 saturated heterocycles. The third-order valence-corrected chi connectivity index (χ3v) is 3.45. The van der Waals surface area contributed by atoms with E-state index in [1.54, 1.807) is 7.11 Å². The van der Waals surface area contributed by atoms with Gasteiger partial charge in [0, 0.05) is 13.2 Å². The van der Waals surface area contributed by atoms with Gasteiger partial charge in [-0.1, -0.05) is 31.2 Å². The minimum Gasteiger partial charge on any atom is -0.383 e. The fourth-order valence-corrected chi connectivity index (χ4v) is 2.63. The Hall–Kier alpha value is -0.900. The molecular formula is C15H23NO2. The largest absolute Gasteiger partial charge is 0.383 e. The maximum absolute atomic E-state index is 5.93. The lowest BCUT2D eigenvalue weighted by Gasteiger charge is -2.29. The first kappa shape index (κ1) is 13.5. The minimum absolute atomic E-state index is 0.203. The molecule has 18 heavy (non-hydrogen) atoms. The van der Waals surface area contributed by atoms with E-state index >= 15 is 0 Å². The average molecular weight is 249 g/mol. The Morgan fingerprint density at radius 3 is 3.06 bits per heavy atom. The number of rotatable bonds is 6. The zero-order chi connectivity index (χ0) is 12.8. The Balaban J connectivity index is 2.05. The zero-order valence-corrected chi connectivity index (χ0v) is 11.3. The van der Waals surface area contributed by atoms with Gasteiger partial charge < -0.3 is 14.8 Å². The molecule has 0 radical (unpaired) electrons. The van der Waals surface area contributed by atoms with Crippen LogP contribution < -0.4 is 5.32 Å². The van der Waals surface area contributed by atoms with Crippen molar-refractivity contribution in [1.82, 2.24) is 5.32 Å². The summed E-state index contributed by atoms with van der Waals surface area (Å²) in [6.45, 7) is 4.64. The number of nitrogens with one attached hydrogen (secondary N) is 1. The molecule has 1 aliphatic rings. The first-order valence-electron chi connectivity index (χ1n) is 6.76. The van der Waals surface area contributed by atoms with Crippen LogP contribution in [0.15, 0.2) is 24.3 Å². The van der Waals surface area contributed by atoms with Crippen molar-refractivity contribution in [3.8, 4) is 0 Å². The van der Waals surface area contributed by atoms with Crippen LogP contribution in [-0.2, 0) is 15.9 Å². The lowest BCUT2D eigenvalue weighted by molar-refractivity contribution is 0.0215. The zero-order valence-electron chi connectivity index (χ0n) is 11.3. The molecule has 2 rings (SSSR count). The Morgan fingerprint density at radius 2 is 2.28 bits per heavy atom. The van der Waals surface area contributed by atoms with Crippen molar-refractivity contribution in [3.05, 3.63) is 35.4 Å². The maximum Gasteiger partial charge on any atom is 0.0843 e.